The minimum absolute atomic E-state index is 0.106. The first-order valence-corrected chi connectivity index (χ1v) is 8.30. The molecule has 1 N–H and O–H groups in total. The summed E-state index contributed by atoms with van der Waals surface area (Å²) < 4.78 is 11.5. The van der Waals surface area contributed by atoms with Gasteiger partial charge in [-0.15, -0.1) is 0 Å². The number of hydrogen-bond acceptors (Lipinski definition) is 3. The van der Waals surface area contributed by atoms with Crippen LogP contribution in [0.2, 0.25) is 0 Å². The van der Waals surface area contributed by atoms with Crippen molar-refractivity contribution in [3.63, 3.8) is 0 Å². The van der Waals surface area contributed by atoms with Gasteiger partial charge in [0.1, 0.15) is 18.1 Å². The number of carbonyl (C=O) groups is 1. The summed E-state index contributed by atoms with van der Waals surface area (Å²) in [5.41, 5.74) is 1.08. The molecule has 0 unspecified atom stereocenters. The highest BCUT2D eigenvalue weighted by molar-refractivity contribution is 5.81. The van der Waals surface area contributed by atoms with Crippen LogP contribution in [0.5, 0.6) is 11.5 Å². The van der Waals surface area contributed by atoms with E-state index in [-0.39, 0.29) is 11.9 Å². The number of ether oxygens (including phenoxy) is 2. The molecule has 128 valence electrons. The van der Waals surface area contributed by atoms with Gasteiger partial charge in [0.25, 0.3) is 5.91 Å². The van der Waals surface area contributed by atoms with Crippen molar-refractivity contribution in [2.75, 3.05) is 6.61 Å². The number of carbonyl (C=O) groups excluding carboxylic acids is 1. The maximum absolute atomic E-state index is 12.4. The molecule has 0 bridgehead atoms. The first kappa shape index (κ1) is 17.9. The largest absolute Gasteiger partial charge is 0.491 e. The van der Waals surface area contributed by atoms with Crippen molar-refractivity contribution < 1.29 is 14.3 Å². The van der Waals surface area contributed by atoms with E-state index in [4.69, 9.17) is 9.47 Å². The molecule has 0 saturated heterocycles. The monoisotopic (exact) mass is 327 g/mol. The van der Waals surface area contributed by atoms with Crippen LogP contribution < -0.4 is 14.8 Å². The van der Waals surface area contributed by atoms with Gasteiger partial charge in [0.05, 0.1) is 6.04 Å². The SMILES string of the molecule is CC[C@@H](Oc1ccccc1)C(=O)N[C@@H](C)COc1ccccc1C. The van der Waals surface area contributed by atoms with Crippen LogP contribution in [0.15, 0.2) is 54.6 Å². The molecule has 0 spiro atoms. The fourth-order valence-electron chi connectivity index (χ4n) is 2.30. The molecule has 0 aliphatic carbocycles. The molecule has 4 nitrogen and oxygen atoms in total. The van der Waals surface area contributed by atoms with Gasteiger partial charge in [0, 0.05) is 0 Å². The number of hydrogen-bond donors (Lipinski definition) is 1. The average molecular weight is 327 g/mol. The van der Waals surface area contributed by atoms with E-state index in [1.54, 1.807) is 0 Å². The molecule has 2 aromatic rings. The third-order valence-corrected chi connectivity index (χ3v) is 3.66. The van der Waals surface area contributed by atoms with Crippen molar-refractivity contribution in [3.05, 3.63) is 60.2 Å². The number of para-hydroxylation sites is 2. The predicted octanol–water partition coefficient (Wildman–Crippen LogP) is 3.74. The lowest BCUT2D eigenvalue weighted by Crippen LogP contribution is -2.44. The van der Waals surface area contributed by atoms with Crippen LogP contribution in [0.25, 0.3) is 0 Å². The number of amides is 1. The zero-order valence-electron chi connectivity index (χ0n) is 14.5. The Morgan fingerprint density at radius 1 is 1.08 bits per heavy atom. The Morgan fingerprint density at radius 2 is 1.75 bits per heavy atom. The fraction of sp³-hybridized carbons (Fsp3) is 0.350. The van der Waals surface area contributed by atoms with Crippen molar-refractivity contribution in [2.45, 2.75) is 39.3 Å². The zero-order valence-corrected chi connectivity index (χ0v) is 14.5. The number of benzene rings is 2. The second-order valence-corrected chi connectivity index (χ2v) is 5.81. The summed E-state index contributed by atoms with van der Waals surface area (Å²) >= 11 is 0. The Kier molecular flexibility index (Phi) is 6.67. The first-order valence-electron chi connectivity index (χ1n) is 8.30. The molecule has 0 saturated carbocycles. The molecule has 0 aromatic heterocycles. The van der Waals surface area contributed by atoms with E-state index in [1.807, 2.05) is 75.4 Å². The quantitative estimate of drug-likeness (QED) is 0.803. The Labute approximate surface area is 143 Å². The van der Waals surface area contributed by atoms with Crippen LogP contribution in [0, 0.1) is 6.92 Å². The van der Waals surface area contributed by atoms with Crippen LogP contribution in [-0.2, 0) is 4.79 Å². The topological polar surface area (TPSA) is 47.6 Å². The van der Waals surface area contributed by atoms with E-state index in [0.29, 0.717) is 18.8 Å². The van der Waals surface area contributed by atoms with Crippen LogP contribution >= 0.6 is 0 Å². The van der Waals surface area contributed by atoms with Crippen LogP contribution in [0.1, 0.15) is 25.8 Å². The van der Waals surface area contributed by atoms with E-state index in [9.17, 15) is 4.79 Å². The van der Waals surface area contributed by atoms with E-state index in [1.165, 1.54) is 0 Å². The van der Waals surface area contributed by atoms with Crippen molar-refractivity contribution in [1.29, 1.82) is 0 Å². The third kappa shape index (κ3) is 5.30. The Balaban J connectivity index is 1.84. The molecule has 1 amide bonds. The van der Waals surface area contributed by atoms with Gasteiger partial charge in [0.15, 0.2) is 6.10 Å². The predicted molar refractivity (Wildman–Crippen MR) is 95.4 cm³/mol. The third-order valence-electron chi connectivity index (χ3n) is 3.66. The maximum Gasteiger partial charge on any atom is 0.261 e. The number of rotatable bonds is 8. The van der Waals surface area contributed by atoms with Crippen LogP contribution in [-0.4, -0.2) is 24.7 Å². The summed E-state index contributed by atoms with van der Waals surface area (Å²) in [7, 11) is 0. The zero-order chi connectivity index (χ0) is 17.4. The lowest BCUT2D eigenvalue weighted by molar-refractivity contribution is -0.128. The highest BCUT2D eigenvalue weighted by Crippen LogP contribution is 2.16. The Bertz CT molecular complexity index is 642. The lowest BCUT2D eigenvalue weighted by atomic mass is 10.2. The molecule has 2 rings (SSSR count). The van der Waals surface area contributed by atoms with Gasteiger partial charge in [-0.25, -0.2) is 0 Å². The smallest absolute Gasteiger partial charge is 0.261 e. The molecule has 0 heterocycles. The van der Waals surface area contributed by atoms with E-state index < -0.39 is 6.10 Å². The van der Waals surface area contributed by atoms with Gasteiger partial charge < -0.3 is 14.8 Å². The Hall–Kier alpha value is -2.49. The van der Waals surface area contributed by atoms with E-state index >= 15 is 0 Å². The highest BCUT2D eigenvalue weighted by Gasteiger charge is 2.20. The summed E-state index contributed by atoms with van der Waals surface area (Å²) in [4.78, 5) is 12.4. The summed E-state index contributed by atoms with van der Waals surface area (Å²) in [5, 5.41) is 2.95. The molecular weight excluding hydrogens is 302 g/mol. The Morgan fingerprint density at radius 3 is 2.42 bits per heavy atom. The average Bonchev–Trinajstić information content (AvgIpc) is 2.59. The molecule has 2 atom stereocenters. The standard InChI is InChI=1S/C20H25NO3/c1-4-18(24-17-11-6-5-7-12-17)20(22)21-16(3)14-23-19-13-9-8-10-15(19)2/h5-13,16,18H,4,14H2,1-3H3,(H,21,22)/t16-,18+/m0/s1. The van der Waals surface area contributed by atoms with Gasteiger partial charge in [-0.2, -0.15) is 0 Å². The van der Waals surface area contributed by atoms with E-state index in [0.717, 1.165) is 11.3 Å². The van der Waals surface area contributed by atoms with Crippen molar-refractivity contribution in [3.8, 4) is 11.5 Å². The molecule has 0 fully saturated rings. The molecule has 0 aliphatic rings. The molecule has 24 heavy (non-hydrogen) atoms. The normalized spacial score (nSPS) is 13.0. The fourth-order valence-corrected chi connectivity index (χ4v) is 2.30. The molecule has 0 aliphatic heterocycles. The number of nitrogens with one attached hydrogen (secondary N) is 1. The van der Waals surface area contributed by atoms with Crippen molar-refractivity contribution in [1.82, 2.24) is 5.32 Å². The second-order valence-electron chi connectivity index (χ2n) is 5.81. The molecule has 4 heteroatoms. The highest BCUT2D eigenvalue weighted by atomic mass is 16.5. The molecular formula is C20H25NO3. The minimum Gasteiger partial charge on any atom is -0.491 e. The van der Waals surface area contributed by atoms with Gasteiger partial charge in [0.2, 0.25) is 0 Å². The molecule has 0 radical (unpaired) electrons. The lowest BCUT2D eigenvalue weighted by Gasteiger charge is -2.21. The first-order chi connectivity index (χ1) is 11.6. The number of aryl methyl sites for hydroxylation is 1. The van der Waals surface area contributed by atoms with Crippen molar-refractivity contribution in [2.24, 2.45) is 0 Å². The summed E-state index contributed by atoms with van der Waals surface area (Å²) in [6.07, 6.45) is 0.0971. The molecule has 2 aromatic carbocycles. The minimum atomic E-state index is -0.506. The van der Waals surface area contributed by atoms with Gasteiger partial charge in [-0.1, -0.05) is 43.3 Å². The summed E-state index contributed by atoms with van der Waals surface area (Å²) in [6.45, 7) is 6.27. The summed E-state index contributed by atoms with van der Waals surface area (Å²) in [6, 6.07) is 17.1. The van der Waals surface area contributed by atoms with Gasteiger partial charge >= 0.3 is 0 Å². The van der Waals surface area contributed by atoms with Crippen LogP contribution in [0.4, 0.5) is 0 Å². The van der Waals surface area contributed by atoms with Crippen LogP contribution in [0.3, 0.4) is 0 Å². The maximum atomic E-state index is 12.4. The second kappa shape index (κ2) is 8.96. The van der Waals surface area contributed by atoms with Gasteiger partial charge in [-0.3, -0.25) is 4.79 Å². The van der Waals surface area contributed by atoms with Gasteiger partial charge in [-0.05, 0) is 44.0 Å². The summed E-state index contributed by atoms with van der Waals surface area (Å²) in [5.74, 6) is 1.41. The van der Waals surface area contributed by atoms with Crippen molar-refractivity contribution >= 4 is 5.91 Å². The van der Waals surface area contributed by atoms with E-state index in [2.05, 4.69) is 5.32 Å².